The van der Waals surface area contributed by atoms with Crippen molar-refractivity contribution < 1.29 is 19.1 Å². The second-order valence-corrected chi connectivity index (χ2v) is 5.09. The lowest BCUT2D eigenvalue weighted by atomic mass is 10.1. The van der Waals surface area contributed by atoms with Gasteiger partial charge in [-0.3, -0.25) is 14.5 Å². The molecule has 2 aliphatic rings. The van der Waals surface area contributed by atoms with E-state index in [2.05, 4.69) is 10.6 Å². The van der Waals surface area contributed by atoms with Crippen molar-refractivity contribution in [2.24, 2.45) is 0 Å². The second kappa shape index (κ2) is 5.17. The molecule has 0 bridgehead atoms. The molecule has 0 aromatic heterocycles. The van der Waals surface area contributed by atoms with E-state index in [1.165, 1.54) is 13.1 Å². The third kappa shape index (κ3) is 2.47. The Morgan fingerprint density at radius 1 is 1.29 bits per heavy atom. The highest BCUT2D eigenvalue weighted by Gasteiger charge is 2.32. The number of hydrogen-bond donors (Lipinski definition) is 2. The van der Waals surface area contributed by atoms with Gasteiger partial charge in [-0.1, -0.05) is 0 Å². The van der Waals surface area contributed by atoms with Crippen LogP contribution in [0, 0.1) is 0 Å². The molecule has 1 atom stereocenters. The number of amides is 4. The molecule has 1 aromatic rings. The van der Waals surface area contributed by atoms with Crippen molar-refractivity contribution >= 4 is 23.5 Å². The molecule has 0 radical (unpaired) electrons. The van der Waals surface area contributed by atoms with E-state index in [4.69, 9.17) is 4.74 Å². The quantitative estimate of drug-likeness (QED) is 0.789. The molecule has 4 amide bonds. The van der Waals surface area contributed by atoms with Crippen molar-refractivity contribution in [2.45, 2.75) is 12.5 Å². The number of anilines is 1. The average Bonchev–Trinajstić information content (AvgIpc) is 3.03. The summed E-state index contributed by atoms with van der Waals surface area (Å²) in [6.07, 6.45) is 0.787. The topological polar surface area (TPSA) is 87.7 Å². The zero-order valence-corrected chi connectivity index (χ0v) is 11.5. The fourth-order valence-corrected chi connectivity index (χ4v) is 2.44. The molecule has 0 spiro atoms. The molecule has 1 fully saturated rings. The van der Waals surface area contributed by atoms with Gasteiger partial charge in [-0.15, -0.1) is 0 Å². The van der Waals surface area contributed by atoms with Gasteiger partial charge in [0.15, 0.2) is 0 Å². The van der Waals surface area contributed by atoms with Gasteiger partial charge in [0.05, 0.1) is 23.8 Å². The van der Waals surface area contributed by atoms with Crippen LogP contribution in [0.3, 0.4) is 0 Å². The molecule has 2 heterocycles. The highest BCUT2D eigenvalue weighted by Crippen LogP contribution is 2.24. The van der Waals surface area contributed by atoms with Crippen molar-refractivity contribution in [3.05, 3.63) is 29.3 Å². The molecule has 2 aliphatic heterocycles. The number of carbonyl (C=O) groups excluding carboxylic acids is 3. The number of imide groups is 1. The van der Waals surface area contributed by atoms with Crippen molar-refractivity contribution in [1.29, 1.82) is 0 Å². The predicted molar refractivity (Wildman–Crippen MR) is 74.2 cm³/mol. The van der Waals surface area contributed by atoms with Gasteiger partial charge in [0.2, 0.25) is 0 Å². The van der Waals surface area contributed by atoms with Gasteiger partial charge in [-0.05, 0) is 24.6 Å². The highest BCUT2D eigenvalue weighted by molar-refractivity contribution is 6.21. The maximum Gasteiger partial charge on any atom is 0.319 e. The smallest absolute Gasteiger partial charge is 0.319 e. The third-order valence-electron chi connectivity index (χ3n) is 3.61. The lowest BCUT2D eigenvalue weighted by Gasteiger charge is -2.12. The first-order valence-corrected chi connectivity index (χ1v) is 6.68. The van der Waals surface area contributed by atoms with Crippen LogP contribution in [-0.2, 0) is 4.74 Å². The molecule has 1 unspecified atom stereocenters. The van der Waals surface area contributed by atoms with Gasteiger partial charge in [0.1, 0.15) is 0 Å². The lowest BCUT2D eigenvalue weighted by Crippen LogP contribution is -2.38. The monoisotopic (exact) mass is 289 g/mol. The van der Waals surface area contributed by atoms with Gasteiger partial charge in [0.25, 0.3) is 11.8 Å². The van der Waals surface area contributed by atoms with Crippen LogP contribution < -0.4 is 10.6 Å². The normalized spacial score (nSPS) is 20.6. The van der Waals surface area contributed by atoms with Crippen LogP contribution in [0.1, 0.15) is 27.1 Å². The van der Waals surface area contributed by atoms with E-state index in [1.54, 1.807) is 12.1 Å². The molecule has 1 saturated heterocycles. The van der Waals surface area contributed by atoms with Crippen molar-refractivity contribution in [2.75, 3.05) is 25.6 Å². The Morgan fingerprint density at radius 3 is 2.76 bits per heavy atom. The summed E-state index contributed by atoms with van der Waals surface area (Å²) < 4.78 is 5.18. The third-order valence-corrected chi connectivity index (χ3v) is 3.61. The zero-order valence-electron chi connectivity index (χ0n) is 11.5. The number of urea groups is 1. The van der Waals surface area contributed by atoms with E-state index in [-0.39, 0.29) is 23.9 Å². The molecular weight excluding hydrogens is 274 g/mol. The predicted octanol–water partition coefficient (Wildman–Crippen LogP) is 0.823. The second-order valence-electron chi connectivity index (χ2n) is 5.09. The highest BCUT2D eigenvalue weighted by atomic mass is 16.5. The Balaban J connectivity index is 1.71. The molecule has 0 saturated carbocycles. The van der Waals surface area contributed by atoms with Crippen molar-refractivity contribution in [1.82, 2.24) is 10.2 Å². The maximum absolute atomic E-state index is 11.9. The number of rotatable bonds is 2. The van der Waals surface area contributed by atoms with E-state index in [0.717, 1.165) is 11.3 Å². The van der Waals surface area contributed by atoms with Crippen molar-refractivity contribution in [3.63, 3.8) is 0 Å². The summed E-state index contributed by atoms with van der Waals surface area (Å²) in [5, 5.41) is 5.45. The minimum Gasteiger partial charge on any atom is -0.379 e. The number of fused-ring (bicyclic) bond motifs is 1. The van der Waals surface area contributed by atoms with E-state index in [9.17, 15) is 14.4 Å². The fourth-order valence-electron chi connectivity index (χ4n) is 2.44. The number of benzene rings is 1. The number of ether oxygens (including phenoxy) is 1. The Bertz CT molecular complexity index is 623. The minimum atomic E-state index is -0.358. The van der Waals surface area contributed by atoms with Crippen LogP contribution in [0.5, 0.6) is 0 Å². The van der Waals surface area contributed by atoms with E-state index >= 15 is 0 Å². The number of nitrogens with one attached hydrogen (secondary N) is 2. The van der Waals surface area contributed by atoms with Crippen LogP contribution in [0.25, 0.3) is 0 Å². The van der Waals surface area contributed by atoms with Gasteiger partial charge < -0.3 is 15.4 Å². The summed E-state index contributed by atoms with van der Waals surface area (Å²) in [4.78, 5) is 36.5. The lowest BCUT2D eigenvalue weighted by molar-refractivity contribution is 0.0693. The first kappa shape index (κ1) is 13.6. The summed E-state index contributed by atoms with van der Waals surface area (Å²) in [6, 6.07) is 4.33. The van der Waals surface area contributed by atoms with Crippen LogP contribution in [0.2, 0.25) is 0 Å². The molecule has 7 heteroatoms. The van der Waals surface area contributed by atoms with Crippen LogP contribution in [0.4, 0.5) is 10.5 Å². The summed E-state index contributed by atoms with van der Waals surface area (Å²) in [5.41, 5.74) is 1.14. The van der Waals surface area contributed by atoms with E-state index in [0.29, 0.717) is 30.0 Å². The molecule has 0 aliphatic carbocycles. The standard InChI is InChI=1S/C14H15N3O4/c1-17-12(18)10-3-2-8(6-11(10)13(17)19)15-14(20)16-9-4-5-21-7-9/h2-3,6,9H,4-5,7H2,1H3,(H2,15,16,20). The Kier molecular flexibility index (Phi) is 3.34. The van der Waals surface area contributed by atoms with Gasteiger partial charge >= 0.3 is 6.03 Å². The van der Waals surface area contributed by atoms with Gasteiger partial charge in [-0.25, -0.2) is 4.79 Å². The van der Waals surface area contributed by atoms with Crippen molar-refractivity contribution in [3.8, 4) is 0 Å². The molecule has 7 nitrogen and oxygen atoms in total. The zero-order chi connectivity index (χ0) is 15.0. The fraction of sp³-hybridized carbons (Fsp3) is 0.357. The van der Waals surface area contributed by atoms with E-state index < -0.39 is 0 Å². The Labute approximate surface area is 121 Å². The average molecular weight is 289 g/mol. The maximum atomic E-state index is 11.9. The minimum absolute atomic E-state index is 0.00812. The number of hydrogen-bond acceptors (Lipinski definition) is 4. The Morgan fingerprint density at radius 2 is 2.05 bits per heavy atom. The molecular formula is C14H15N3O4. The number of nitrogens with zero attached hydrogens (tertiary/aromatic N) is 1. The molecule has 21 heavy (non-hydrogen) atoms. The molecule has 1 aromatic carbocycles. The first-order valence-electron chi connectivity index (χ1n) is 6.68. The van der Waals surface area contributed by atoms with Crippen LogP contribution in [-0.4, -0.2) is 49.0 Å². The van der Waals surface area contributed by atoms with Crippen LogP contribution >= 0.6 is 0 Å². The van der Waals surface area contributed by atoms with E-state index in [1.807, 2.05) is 0 Å². The summed E-state index contributed by atoms with van der Waals surface area (Å²) in [6.45, 7) is 1.15. The molecule has 3 rings (SSSR count). The first-order chi connectivity index (χ1) is 10.1. The summed E-state index contributed by atoms with van der Waals surface area (Å²) in [7, 11) is 1.44. The van der Waals surface area contributed by atoms with Gasteiger partial charge in [0, 0.05) is 19.3 Å². The molecule has 2 N–H and O–H groups in total. The van der Waals surface area contributed by atoms with Crippen LogP contribution in [0.15, 0.2) is 18.2 Å². The summed E-state index contributed by atoms with van der Waals surface area (Å²) in [5.74, 6) is -0.683. The largest absolute Gasteiger partial charge is 0.379 e. The SMILES string of the molecule is CN1C(=O)c2ccc(NC(=O)NC3CCOC3)cc2C1=O. The number of carbonyl (C=O) groups is 3. The molecule has 110 valence electrons. The Hall–Kier alpha value is -2.41. The van der Waals surface area contributed by atoms with Gasteiger partial charge in [-0.2, -0.15) is 0 Å². The summed E-state index contributed by atoms with van der Waals surface area (Å²) >= 11 is 0.